The number of halogens is 6. The molecule has 42 heavy (non-hydrogen) atoms. The minimum absolute atomic E-state index is 0.0133. The zero-order valence-corrected chi connectivity index (χ0v) is 24.7. The largest absolute Gasteiger partial charge is 0.480 e. The van der Waals surface area contributed by atoms with Crippen molar-refractivity contribution in [2.45, 2.75) is 76.9 Å². The van der Waals surface area contributed by atoms with Crippen LogP contribution >= 0.6 is 0 Å². The summed E-state index contributed by atoms with van der Waals surface area (Å²) in [5.74, 6) is -3.68. The first-order chi connectivity index (χ1) is 19.4. The van der Waals surface area contributed by atoms with Crippen molar-refractivity contribution in [3.8, 4) is 0 Å². The van der Waals surface area contributed by atoms with E-state index in [1.54, 1.807) is 12.1 Å². The average molecular weight is 601 g/mol. The molecule has 0 aliphatic carbocycles. The lowest BCUT2D eigenvalue weighted by atomic mass is 9.85. The lowest BCUT2D eigenvalue weighted by molar-refractivity contribution is -0.147. The Kier molecular flexibility index (Phi) is 11.1. The molecule has 2 aliphatic heterocycles. The van der Waals surface area contributed by atoms with Crippen molar-refractivity contribution in [1.82, 2.24) is 9.80 Å². The van der Waals surface area contributed by atoms with E-state index in [0.717, 1.165) is 68.7 Å². The molecule has 0 amide bonds. The van der Waals surface area contributed by atoms with Crippen molar-refractivity contribution in [2.24, 2.45) is 11.3 Å². The van der Waals surface area contributed by atoms with Crippen LogP contribution in [-0.4, -0.2) is 66.1 Å². The van der Waals surface area contributed by atoms with Gasteiger partial charge in [0.2, 0.25) is 0 Å². The van der Waals surface area contributed by atoms with Crippen LogP contribution in [0.1, 0.15) is 69.1 Å². The minimum atomic E-state index is -4.44. The van der Waals surface area contributed by atoms with Gasteiger partial charge in [-0.3, -0.25) is 9.69 Å². The smallest absolute Gasteiger partial charge is 0.416 e. The van der Waals surface area contributed by atoms with Crippen LogP contribution in [0.25, 0.3) is 0 Å². The Morgan fingerprint density at radius 2 is 1.57 bits per heavy atom. The third-order valence-electron chi connectivity index (χ3n) is 8.13. The van der Waals surface area contributed by atoms with Crippen LogP contribution in [0.3, 0.4) is 0 Å². The summed E-state index contributed by atoms with van der Waals surface area (Å²) in [5.41, 5.74) is 0.0780. The minimum Gasteiger partial charge on any atom is -0.480 e. The van der Waals surface area contributed by atoms with Gasteiger partial charge in [0.25, 0.3) is 5.92 Å². The van der Waals surface area contributed by atoms with E-state index >= 15 is 0 Å². The molecule has 4 nitrogen and oxygen atoms in total. The lowest BCUT2D eigenvalue weighted by Gasteiger charge is -2.34. The Balaban J connectivity index is 0.000000231. The highest BCUT2D eigenvalue weighted by Gasteiger charge is 2.40. The molecule has 0 radical (unpaired) electrons. The fourth-order valence-electron chi connectivity index (χ4n) is 6.00. The number of hydrogen-bond acceptors (Lipinski definition) is 3. The van der Waals surface area contributed by atoms with Crippen molar-refractivity contribution in [1.29, 1.82) is 0 Å². The van der Waals surface area contributed by atoms with E-state index in [1.165, 1.54) is 6.07 Å². The van der Waals surface area contributed by atoms with Gasteiger partial charge < -0.3 is 10.0 Å². The molecule has 2 atom stereocenters. The highest BCUT2D eigenvalue weighted by molar-refractivity contribution is 5.74. The molecular formula is C32H42F6N2O2. The van der Waals surface area contributed by atoms with Crippen LogP contribution in [0.5, 0.6) is 0 Å². The van der Waals surface area contributed by atoms with Gasteiger partial charge in [0.1, 0.15) is 11.9 Å². The summed E-state index contributed by atoms with van der Waals surface area (Å²) in [4.78, 5) is 15.7. The van der Waals surface area contributed by atoms with Crippen molar-refractivity contribution in [2.75, 3.05) is 33.2 Å². The fraction of sp³-hybridized carbons (Fsp3) is 0.594. The summed E-state index contributed by atoms with van der Waals surface area (Å²) in [5, 5.41) is 9.47. The van der Waals surface area contributed by atoms with Crippen molar-refractivity contribution in [3.63, 3.8) is 0 Å². The van der Waals surface area contributed by atoms with Crippen LogP contribution in [0.15, 0.2) is 48.5 Å². The molecule has 2 unspecified atom stereocenters. The van der Waals surface area contributed by atoms with Gasteiger partial charge >= 0.3 is 12.1 Å². The first-order valence-electron chi connectivity index (χ1n) is 14.4. The SMILES string of the molecule is CC(C)(C)C(C(=O)O)N1CCC(c2cccc(F)c2)C1.CN1CCC(CC(F)(F)Cc2ccc(C(F)(F)F)cc2)CC1. The molecule has 1 N–H and O–H groups in total. The molecule has 4 rings (SSSR count). The molecule has 2 aromatic carbocycles. The van der Waals surface area contributed by atoms with E-state index < -0.39 is 36.1 Å². The maximum Gasteiger partial charge on any atom is 0.416 e. The molecule has 0 spiro atoms. The van der Waals surface area contributed by atoms with Gasteiger partial charge in [-0.05, 0) is 98.6 Å². The van der Waals surface area contributed by atoms with Gasteiger partial charge in [-0.15, -0.1) is 0 Å². The van der Waals surface area contributed by atoms with Crippen LogP contribution in [-0.2, 0) is 17.4 Å². The maximum absolute atomic E-state index is 14.1. The van der Waals surface area contributed by atoms with Crippen LogP contribution in [0, 0.1) is 17.2 Å². The molecule has 234 valence electrons. The standard InChI is InChI=1S/C16H20F5N.C16H22FNO2/c1-22-8-6-13(7-9-22)11-15(17,18)10-12-2-4-14(5-3-12)16(19,20)21;1-16(2,3)14(15(19)20)18-8-7-12(10-18)11-5-4-6-13(17)9-11/h2-5,13H,6-11H2,1H3;4-6,9,12,14H,7-8,10H2,1-3H3,(H,19,20). The topological polar surface area (TPSA) is 43.8 Å². The molecule has 0 bridgehead atoms. The van der Waals surface area contributed by atoms with E-state index in [-0.39, 0.29) is 35.1 Å². The Labute approximate surface area is 244 Å². The summed E-state index contributed by atoms with van der Waals surface area (Å²) >= 11 is 0. The fourth-order valence-corrected chi connectivity index (χ4v) is 6.00. The lowest BCUT2D eigenvalue weighted by Crippen LogP contribution is -2.48. The molecule has 2 saturated heterocycles. The van der Waals surface area contributed by atoms with Gasteiger partial charge in [0, 0.05) is 19.4 Å². The normalized spacial score (nSPS) is 20.2. The molecule has 2 heterocycles. The summed E-state index contributed by atoms with van der Waals surface area (Å²) in [6.07, 6.45) is -2.75. The zero-order chi connectivity index (χ0) is 31.3. The number of carboxylic acid groups (broad SMARTS) is 1. The van der Waals surface area contributed by atoms with E-state index in [0.29, 0.717) is 6.54 Å². The molecule has 2 aromatic rings. The van der Waals surface area contributed by atoms with Gasteiger partial charge in [-0.25, -0.2) is 13.2 Å². The number of piperidine rings is 1. The van der Waals surface area contributed by atoms with E-state index in [2.05, 4.69) is 4.90 Å². The third-order valence-corrected chi connectivity index (χ3v) is 8.13. The van der Waals surface area contributed by atoms with Crippen LogP contribution in [0.2, 0.25) is 0 Å². The first kappa shape index (κ1) is 33.9. The number of hydrogen-bond donors (Lipinski definition) is 1. The van der Waals surface area contributed by atoms with Crippen molar-refractivity contribution < 1.29 is 36.2 Å². The first-order valence-corrected chi connectivity index (χ1v) is 14.4. The molecular weight excluding hydrogens is 558 g/mol. The second kappa shape index (κ2) is 13.8. The van der Waals surface area contributed by atoms with Gasteiger partial charge in [0.15, 0.2) is 0 Å². The third kappa shape index (κ3) is 10.0. The number of likely N-dealkylation sites (tertiary alicyclic amines) is 2. The molecule has 2 aliphatic rings. The summed E-state index contributed by atoms with van der Waals surface area (Å²) in [6.45, 7) is 8.90. The quantitative estimate of drug-likeness (QED) is 0.331. The van der Waals surface area contributed by atoms with E-state index in [4.69, 9.17) is 0 Å². The Morgan fingerprint density at radius 3 is 2.10 bits per heavy atom. The molecule has 10 heteroatoms. The highest BCUT2D eigenvalue weighted by atomic mass is 19.4. The Hall–Kier alpha value is -2.59. The number of carbonyl (C=O) groups is 1. The summed E-state index contributed by atoms with van der Waals surface area (Å²) in [7, 11) is 1.97. The van der Waals surface area contributed by atoms with Crippen molar-refractivity contribution >= 4 is 5.97 Å². The Morgan fingerprint density at radius 1 is 0.952 bits per heavy atom. The van der Waals surface area contributed by atoms with Gasteiger partial charge in [-0.1, -0.05) is 45.0 Å². The predicted molar refractivity (Wildman–Crippen MR) is 151 cm³/mol. The van der Waals surface area contributed by atoms with Crippen LogP contribution < -0.4 is 0 Å². The number of carboxylic acids is 1. The average Bonchev–Trinajstić information content (AvgIpc) is 3.33. The number of rotatable bonds is 7. The number of alkyl halides is 5. The number of nitrogens with zero attached hydrogens (tertiary/aromatic N) is 2. The zero-order valence-electron chi connectivity index (χ0n) is 24.7. The number of benzene rings is 2. The summed E-state index contributed by atoms with van der Waals surface area (Å²) in [6, 6.07) is 10.1. The monoisotopic (exact) mass is 600 g/mol. The summed E-state index contributed by atoms with van der Waals surface area (Å²) < 4.78 is 78.8. The molecule has 0 saturated carbocycles. The van der Waals surface area contributed by atoms with E-state index in [9.17, 15) is 36.2 Å². The molecule has 2 fully saturated rings. The second-order valence-electron chi connectivity index (χ2n) is 12.8. The van der Waals surface area contributed by atoms with Crippen LogP contribution in [0.4, 0.5) is 26.3 Å². The maximum atomic E-state index is 14.1. The van der Waals surface area contributed by atoms with E-state index in [1.807, 2.05) is 38.8 Å². The molecule has 0 aromatic heterocycles. The second-order valence-corrected chi connectivity index (χ2v) is 12.8. The van der Waals surface area contributed by atoms with Gasteiger partial charge in [0.05, 0.1) is 5.56 Å². The Bertz CT molecular complexity index is 1150. The number of aliphatic carboxylic acids is 1. The van der Waals surface area contributed by atoms with Gasteiger partial charge in [-0.2, -0.15) is 13.2 Å². The highest BCUT2D eigenvalue weighted by Crippen LogP contribution is 2.35. The predicted octanol–water partition coefficient (Wildman–Crippen LogP) is 7.73. The van der Waals surface area contributed by atoms with Crippen molar-refractivity contribution in [3.05, 3.63) is 71.0 Å².